The van der Waals surface area contributed by atoms with Crippen molar-refractivity contribution in [2.24, 2.45) is 0 Å². The second kappa shape index (κ2) is 12.7. The van der Waals surface area contributed by atoms with Crippen molar-refractivity contribution in [3.05, 3.63) is 95.6 Å². The van der Waals surface area contributed by atoms with Gasteiger partial charge in [0, 0.05) is 25.7 Å². The maximum Gasteiger partial charge on any atom is 0.297 e. The third-order valence-corrected chi connectivity index (χ3v) is 9.34. The van der Waals surface area contributed by atoms with Crippen LogP contribution >= 0.6 is 0 Å². The summed E-state index contributed by atoms with van der Waals surface area (Å²) in [7, 11) is -7.35. The lowest BCUT2D eigenvalue weighted by molar-refractivity contribution is -0.0664. The standard InChI is InChI=1S/C18H20O4S.C11H14O4S/c1-14-7-9-18(10-8-14)23(19,20)22-17-11-16(12-17)21-13-15-5-3-2-4-6-15;1-8-2-4-11(5-3-8)16(13,14)15-10-6-9(12)7-10/h2-10,16-17H,11-13H2,1H3;2-5,9-10,12H,6-7H2,1H3. The Morgan fingerprint density at radius 3 is 1.51 bits per heavy atom. The van der Waals surface area contributed by atoms with Crippen LogP contribution in [0.2, 0.25) is 0 Å². The van der Waals surface area contributed by atoms with Gasteiger partial charge in [0.1, 0.15) is 0 Å². The first-order valence-electron chi connectivity index (χ1n) is 12.8. The molecule has 0 heterocycles. The topological polar surface area (TPSA) is 116 Å². The molecule has 0 unspecified atom stereocenters. The van der Waals surface area contributed by atoms with Crippen molar-refractivity contribution in [2.75, 3.05) is 0 Å². The predicted molar refractivity (Wildman–Crippen MR) is 146 cm³/mol. The molecule has 39 heavy (non-hydrogen) atoms. The fraction of sp³-hybridized carbons (Fsp3) is 0.379. The zero-order valence-electron chi connectivity index (χ0n) is 22.0. The summed E-state index contributed by atoms with van der Waals surface area (Å²) in [6.07, 6.45) is 0.987. The summed E-state index contributed by atoms with van der Waals surface area (Å²) in [6.45, 7) is 4.35. The summed E-state index contributed by atoms with van der Waals surface area (Å²) in [5, 5.41) is 9.05. The van der Waals surface area contributed by atoms with Gasteiger partial charge in [0.15, 0.2) is 0 Å². The van der Waals surface area contributed by atoms with E-state index in [9.17, 15) is 16.8 Å². The number of benzene rings is 3. The van der Waals surface area contributed by atoms with Crippen LogP contribution in [0.3, 0.4) is 0 Å². The lowest BCUT2D eigenvalue weighted by atomic mass is 9.92. The molecular formula is C29H34O8S2. The first-order valence-corrected chi connectivity index (χ1v) is 15.7. The lowest BCUT2D eigenvalue weighted by Gasteiger charge is -2.34. The van der Waals surface area contributed by atoms with Gasteiger partial charge >= 0.3 is 0 Å². The molecule has 210 valence electrons. The minimum absolute atomic E-state index is 0.0634. The van der Waals surface area contributed by atoms with Gasteiger partial charge in [-0.2, -0.15) is 16.8 Å². The number of ether oxygens (including phenoxy) is 1. The quantitative estimate of drug-likeness (QED) is 0.367. The second-order valence-electron chi connectivity index (χ2n) is 9.99. The van der Waals surface area contributed by atoms with Gasteiger partial charge in [-0.3, -0.25) is 8.37 Å². The summed E-state index contributed by atoms with van der Waals surface area (Å²) < 4.78 is 63.9. The van der Waals surface area contributed by atoms with Gasteiger partial charge in [-0.15, -0.1) is 0 Å². The van der Waals surface area contributed by atoms with Gasteiger partial charge in [0.2, 0.25) is 0 Å². The molecule has 2 aliphatic rings. The molecule has 2 aliphatic carbocycles. The zero-order chi connectivity index (χ0) is 28.0. The van der Waals surface area contributed by atoms with E-state index in [2.05, 4.69) is 0 Å². The van der Waals surface area contributed by atoms with Crippen LogP contribution in [0.25, 0.3) is 0 Å². The Balaban J connectivity index is 0.000000193. The normalized spacial score (nSPS) is 22.6. The Labute approximate surface area is 230 Å². The molecule has 3 aromatic rings. The second-order valence-corrected chi connectivity index (χ2v) is 13.1. The molecule has 0 radical (unpaired) electrons. The minimum Gasteiger partial charge on any atom is -0.393 e. The van der Waals surface area contributed by atoms with Crippen LogP contribution in [0.15, 0.2) is 88.7 Å². The highest BCUT2D eigenvalue weighted by Gasteiger charge is 2.35. The minimum atomic E-state index is -3.68. The van der Waals surface area contributed by atoms with Gasteiger partial charge < -0.3 is 9.84 Å². The van der Waals surface area contributed by atoms with E-state index in [0.29, 0.717) is 32.3 Å². The number of hydrogen-bond acceptors (Lipinski definition) is 8. The van der Waals surface area contributed by atoms with Crippen molar-refractivity contribution in [1.82, 2.24) is 0 Å². The van der Waals surface area contributed by atoms with Crippen molar-refractivity contribution in [3.63, 3.8) is 0 Å². The van der Waals surface area contributed by atoms with Gasteiger partial charge in [0.25, 0.3) is 20.2 Å². The molecule has 3 aromatic carbocycles. The molecule has 0 aromatic heterocycles. The molecule has 8 nitrogen and oxygen atoms in total. The summed E-state index contributed by atoms with van der Waals surface area (Å²) >= 11 is 0. The highest BCUT2D eigenvalue weighted by Crippen LogP contribution is 2.30. The van der Waals surface area contributed by atoms with Gasteiger partial charge in [-0.05, 0) is 43.7 Å². The van der Waals surface area contributed by atoms with Crippen LogP contribution in [0, 0.1) is 13.8 Å². The maximum absolute atomic E-state index is 12.2. The number of aryl methyl sites for hydroxylation is 2. The average Bonchev–Trinajstić information content (AvgIpc) is 2.86. The summed E-state index contributed by atoms with van der Waals surface area (Å²) in [5.41, 5.74) is 3.13. The third-order valence-electron chi connectivity index (χ3n) is 6.59. The summed E-state index contributed by atoms with van der Waals surface area (Å²) in [4.78, 5) is 0.372. The number of aliphatic hydroxyl groups is 1. The van der Waals surface area contributed by atoms with E-state index in [4.69, 9.17) is 18.2 Å². The van der Waals surface area contributed by atoms with Crippen molar-refractivity contribution in [2.45, 2.75) is 80.3 Å². The van der Waals surface area contributed by atoms with Gasteiger partial charge in [-0.1, -0.05) is 65.7 Å². The largest absolute Gasteiger partial charge is 0.393 e. The van der Waals surface area contributed by atoms with Crippen molar-refractivity contribution >= 4 is 20.2 Å². The average molecular weight is 575 g/mol. The molecule has 5 rings (SSSR count). The van der Waals surface area contributed by atoms with E-state index < -0.39 is 26.3 Å². The van der Waals surface area contributed by atoms with E-state index in [1.165, 1.54) is 12.1 Å². The Hall–Kier alpha value is -2.60. The van der Waals surface area contributed by atoms with Crippen molar-refractivity contribution < 1.29 is 35.0 Å². The van der Waals surface area contributed by atoms with Gasteiger partial charge in [0.05, 0.1) is 40.8 Å². The molecular weight excluding hydrogens is 540 g/mol. The number of aliphatic hydroxyl groups excluding tert-OH is 1. The zero-order valence-corrected chi connectivity index (χ0v) is 23.6. The molecule has 0 aliphatic heterocycles. The SMILES string of the molecule is Cc1ccc(S(=O)(=O)OC2CC(O)C2)cc1.Cc1ccc(S(=O)(=O)OC2CC(OCc3ccccc3)C2)cc1. The number of hydrogen-bond donors (Lipinski definition) is 1. The molecule has 0 saturated heterocycles. The fourth-order valence-corrected chi connectivity index (χ4v) is 6.21. The molecule has 2 saturated carbocycles. The van der Waals surface area contributed by atoms with Crippen LogP contribution in [0.5, 0.6) is 0 Å². The lowest BCUT2D eigenvalue weighted by Crippen LogP contribution is -2.38. The van der Waals surface area contributed by atoms with E-state index in [-0.39, 0.29) is 28.1 Å². The van der Waals surface area contributed by atoms with E-state index >= 15 is 0 Å². The molecule has 1 N–H and O–H groups in total. The summed E-state index contributed by atoms with van der Waals surface area (Å²) in [6, 6.07) is 23.1. The Morgan fingerprint density at radius 1 is 0.641 bits per heavy atom. The molecule has 2 fully saturated rings. The molecule has 10 heteroatoms. The first kappa shape index (κ1) is 29.4. The van der Waals surface area contributed by atoms with Crippen LogP contribution < -0.4 is 0 Å². The monoisotopic (exact) mass is 574 g/mol. The van der Waals surface area contributed by atoms with E-state index in [0.717, 1.165) is 16.7 Å². The van der Waals surface area contributed by atoms with E-state index in [1.54, 1.807) is 36.4 Å². The van der Waals surface area contributed by atoms with Crippen LogP contribution in [-0.4, -0.2) is 46.4 Å². The van der Waals surface area contributed by atoms with Crippen molar-refractivity contribution in [1.29, 1.82) is 0 Å². The Morgan fingerprint density at radius 2 is 1.08 bits per heavy atom. The van der Waals surface area contributed by atoms with Crippen LogP contribution in [0.1, 0.15) is 42.4 Å². The van der Waals surface area contributed by atoms with Crippen LogP contribution in [0.4, 0.5) is 0 Å². The molecule has 0 bridgehead atoms. The first-order chi connectivity index (χ1) is 18.5. The Bertz CT molecular complexity index is 1410. The molecule has 0 amide bonds. The van der Waals surface area contributed by atoms with Gasteiger partial charge in [-0.25, -0.2) is 0 Å². The van der Waals surface area contributed by atoms with Crippen LogP contribution in [-0.2, 0) is 39.9 Å². The van der Waals surface area contributed by atoms with Crippen molar-refractivity contribution in [3.8, 4) is 0 Å². The molecule has 0 atom stereocenters. The highest BCUT2D eigenvalue weighted by molar-refractivity contribution is 7.87. The smallest absolute Gasteiger partial charge is 0.297 e. The summed E-state index contributed by atoms with van der Waals surface area (Å²) in [5.74, 6) is 0. The highest BCUT2D eigenvalue weighted by atomic mass is 32.2. The fourth-order valence-electron chi connectivity index (χ4n) is 4.02. The Kier molecular flexibility index (Phi) is 9.58. The third kappa shape index (κ3) is 8.44. The molecule has 0 spiro atoms. The maximum atomic E-state index is 12.2. The number of rotatable bonds is 9. The van der Waals surface area contributed by atoms with E-state index in [1.807, 2.05) is 44.2 Å². The predicted octanol–water partition coefficient (Wildman–Crippen LogP) is 4.67.